The highest BCUT2D eigenvalue weighted by atomic mass is 35.5. The zero-order valence-electron chi connectivity index (χ0n) is 14.5. The summed E-state index contributed by atoms with van der Waals surface area (Å²) in [6.07, 6.45) is 1.70. The molecule has 136 valence electrons. The number of carbonyl (C=O) groups is 2. The van der Waals surface area contributed by atoms with Crippen molar-refractivity contribution in [1.82, 2.24) is 14.7 Å². The van der Waals surface area contributed by atoms with Gasteiger partial charge in [-0.1, -0.05) is 23.7 Å². The van der Waals surface area contributed by atoms with Crippen LogP contribution >= 0.6 is 11.6 Å². The van der Waals surface area contributed by atoms with Crippen LogP contribution in [0.4, 0.5) is 4.39 Å². The van der Waals surface area contributed by atoms with Crippen molar-refractivity contribution >= 4 is 23.4 Å². The van der Waals surface area contributed by atoms with Crippen LogP contribution < -0.4 is 0 Å². The van der Waals surface area contributed by atoms with Crippen molar-refractivity contribution in [3.8, 4) is 0 Å². The number of rotatable bonds is 4. The molecule has 3 aliphatic rings. The second-order valence-electron chi connectivity index (χ2n) is 7.09. The molecule has 3 heterocycles. The summed E-state index contributed by atoms with van der Waals surface area (Å²) in [5.74, 6) is -0.559. The van der Waals surface area contributed by atoms with Gasteiger partial charge in [0, 0.05) is 45.3 Å². The first-order valence-corrected chi connectivity index (χ1v) is 8.90. The fourth-order valence-corrected chi connectivity index (χ4v) is 3.86. The average molecular weight is 368 g/mol. The summed E-state index contributed by atoms with van der Waals surface area (Å²) < 4.78 is 14.2. The number of likely N-dealkylation sites (N-methyl/N-ethyl adjacent to an activating group) is 1. The van der Waals surface area contributed by atoms with E-state index in [0.29, 0.717) is 25.2 Å². The SMILES string of the molecule is CN(C)C(=O)CN1C(=O)[C@H]2CC[C@@H]1CN(Cc1cccc(Cl)c1F)C2. The van der Waals surface area contributed by atoms with E-state index in [1.807, 2.05) is 0 Å². The van der Waals surface area contributed by atoms with Crippen molar-refractivity contribution in [1.29, 1.82) is 0 Å². The lowest BCUT2D eigenvalue weighted by molar-refractivity contribution is -0.145. The van der Waals surface area contributed by atoms with Gasteiger partial charge >= 0.3 is 0 Å². The topological polar surface area (TPSA) is 43.9 Å². The molecule has 7 heteroatoms. The Morgan fingerprint density at radius 2 is 2.08 bits per heavy atom. The average Bonchev–Trinajstić information content (AvgIpc) is 2.83. The first kappa shape index (κ1) is 18.1. The molecule has 1 aromatic rings. The lowest BCUT2D eigenvalue weighted by atomic mass is 9.94. The maximum absolute atomic E-state index is 14.2. The quantitative estimate of drug-likeness (QED) is 0.817. The molecule has 3 fully saturated rings. The van der Waals surface area contributed by atoms with E-state index in [1.54, 1.807) is 31.1 Å². The van der Waals surface area contributed by atoms with Gasteiger partial charge in [0.15, 0.2) is 0 Å². The fraction of sp³-hybridized carbons (Fsp3) is 0.556. The van der Waals surface area contributed by atoms with Crippen molar-refractivity contribution in [2.75, 3.05) is 33.7 Å². The van der Waals surface area contributed by atoms with Crippen LogP contribution in [0, 0.1) is 11.7 Å². The standard InChI is InChI=1S/C18H23ClFN3O2/c1-21(2)16(24)11-23-14-7-6-13(18(23)25)9-22(10-14)8-12-4-3-5-15(19)17(12)20/h3-5,13-14H,6-11H2,1-2H3/t13-,14+/m0/s1. The summed E-state index contributed by atoms with van der Waals surface area (Å²) in [5.41, 5.74) is 0.539. The number of hydrogen-bond acceptors (Lipinski definition) is 3. The molecule has 0 saturated carbocycles. The van der Waals surface area contributed by atoms with E-state index >= 15 is 0 Å². The highest BCUT2D eigenvalue weighted by Crippen LogP contribution is 2.30. The van der Waals surface area contributed by atoms with E-state index in [4.69, 9.17) is 11.6 Å². The number of amides is 2. The number of hydrogen-bond donors (Lipinski definition) is 0. The van der Waals surface area contributed by atoms with Gasteiger partial charge in [-0.15, -0.1) is 0 Å². The van der Waals surface area contributed by atoms with Gasteiger partial charge < -0.3 is 9.80 Å². The second-order valence-corrected chi connectivity index (χ2v) is 7.50. The molecule has 0 aliphatic carbocycles. The van der Waals surface area contributed by atoms with Gasteiger partial charge in [-0.05, 0) is 18.9 Å². The van der Waals surface area contributed by atoms with Crippen LogP contribution in [0.1, 0.15) is 18.4 Å². The highest BCUT2D eigenvalue weighted by molar-refractivity contribution is 6.30. The predicted molar refractivity (Wildman–Crippen MR) is 93.6 cm³/mol. The van der Waals surface area contributed by atoms with Crippen LogP contribution in [0.15, 0.2) is 18.2 Å². The maximum Gasteiger partial charge on any atom is 0.241 e. The lowest BCUT2D eigenvalue weighted by Crippen LogP contribution is -2.51. The molecule has 0 N–H and O–H groups in total. The Bertz CT molecular complexity index is 682. The minimum atomic E-state index is -0.397. The Kier molecular flexibility index (Phi) is 5.29. The molecule has 4 rings (SSSR count). The van der Waals surface area contributed by atoms with Gasteiger partial charge in [0.25, 0.3) is 0 Å². The van der Waals surface area contributed by atoms with E-state index in [1.165, 1.54) is 11.0 Å². The molecule has 2 atom stereocenters. The minimum Gasteiger partial charge on any atom is -0.347 e. The van der Waals surface area contributed by atoms with Crippen molar-refractivity contribution < 1.29 is 14.0 Å². The van der Waals surface area contributed by atoms with Gasteiger partial charge in [-0.3, -0.25) is 14.5 Å². The summed E-state index contributed by atoms with van der Waals surface area (Å²) in [6, 6.07) is 4.99. The summed E-state index contributed by atoms with van der Waals surface area (Å²) >= 11 is 5.87. The molecule has 2 bridgehead atoms. The summed E-state index contributed by atoms with van der Waals surface area (Å²) in [5, 5.41) is 0.115. The number of halogens is 2. The van der Waals surface area contributed by atoms with Crippen LogP contribution in [0.2, 0.25) is 5.02 Å². The van der Waals surface area contributed by atoms with Crippen LogP contribution in [-0.4, -0.2) is 66.3 Å². The number of fused-ring (bicyclic) bond motifs is 4. The van der Waals surface area contributed by atoms with E-state index in [9.17, 15) is 14.0 Å². The zero-order chi connectivity index (χ0) is 18.1. The predicted octanol–water partition coefficient (Wildman–Crippen LogP) is 1.99. The van der Waals surface area contributed by atoms with Crippen LogP contribution in [0.3, 0.4) is 0 Å². The molecule has 1 aromatic carbocycles. The third kappa shape index (κ3) is 3.80. The van der Waals surface area contributed by atoms with E-state index < -0.39 is 5.82 Å². The molecular weight excluding hydrogens is 345 g/mol. The summed E-state index contributed by atoms with van der Waals surface area (Å²) in [7, 11) is 3.38. The number of nitrogens with zero attached hydrogens (tertiary/aromatic N) is 3. The van der Waals surface area contributed by atoms with Crippen molar-refractivity contribution in [2.24, 2.45) is 5.92 Å². The van der Waals surface area contributed by atoms with Crippen molar-refractivity contribution in [3.05, 3.63) is 34.6 Å². The van der Waals surface area contributed by atoms with Crippen molar-refractivity contribution in [2.45, 2.75) is 25.4 Å². The Morgan fingerprint density at radius 1 is 1.32 bits per heavy atom. The Morgan fingerprint density at radius 3 is 2.80 bits per heavy atom. The molecule has 0 unspecified atom stereocenters. The Hall–Kier alpha value is -1.66. The molecule has 3 saturated heterocycles. The Labute approximate surface area is 152 Å². The van der Waals surface area contributed by atoms with Gasteiger partial charge in [0.2, 0.25) is 11.8 Å². The number of carbonyl (C=O) groups excluding carboxylic acids is 2. The molecule has 2 amide bonds. The molecule has 25 heavy (non-hydrogen) atoms. The minimum absolute atomic E-state index is 0.00241. The first-order valence-electron chi connectivity index (χ1n) is 8.52. The molecular formula is C18H23ClFN3O2. The monoisotopic (exact) mass is 367 g/mol. The third-order valence-corrected chi connectivity index (χ3v) is 5.39. The molecule has 5 nitrogen and oxygen atoms in total. The van der Waals surface area contributed by atoms with Crippen LogP contribution in [0.25, 0.3) is 0 Å². The van der Waals surface area contributed by atoms with Gasteiger partial charge in [-0.2, -0.15) is 0 Å². The van der Waals surface area contributed by atoms with Gasteiger partial charge in [0.1, 0.15) is 12.4 Å². The van der Waals surface area contributed by atoms with E-state index in [-0.39, 0.29) is 35.3 Å². The van der Waals surface area contributed by atoms with E-state index in [0.717, 1.165) is 12.8 Å². The molecule has 3 aliphatic heterocycles. The normalized spacial score (nSPS) is 23.7. The maximum atomic E-state index is 14.2. The van der Waals surface area contributed by atoms with Gasteiger partial charge in [0.05, 0.1) is 10.9 Å². The fourth-order valence-electron chi connectivity index (χ4n) is 3.67. The third-order valence-electron chi connectivity index (χ3n) is 5.10. The lowest BCUT2D eigenvalue weighted by Gasteiger charge is -2.36. The molecule has 0 radical (unpaired) electrons. The van der Waals surface area contributed by atoms with Crippen LogP contribution in [0.5, 0.6) is 0 Å². The molecule has 0 spiro atoms. The smallest absolute Gasteiger partial charge is 0.241 e. The second kappa shape index (κ2) is 7.30. The number of benzene rings is 1. The van der Waals surface area contributed by atoms with E-state index in [2.05, 4.69) is 4.90 Å². The summed E-state index contributed by atoms with van der Waals surface area (Å²) in [4.78, 5) is 30.1. The molecule has 0 aromatic heterocycles. The summed E-state index contributed by atoms with van der Waals surface area (Å²) in [6.45, 7) is 1.78. The Balaban J connectivity index is 1.75. The largest absolute Gasteiger partial charge is 0.347 e. The van der Waals surface area contributed by atoms with Crippen molar-refractivity contribution in [3.63, 3.8) is 0 Å². The first-order chi connectivity index (χ1) is 11.9. The van der Waals surface area contributed by atoms with Gasteiger partial charge in [-0.25, -0.2) is 4.39 Å². The zero-order valence-corrected chi connectivity index (χ0v) is 15.3. The van der Waals surface area contributed by atoms with Crippen LogP contribution in [-0.2, 0) is 16.1 Å². The number of piperidine rings is 1. The highest BCUT2D eigenvalue weighted by Gasteiger charge is 2.41.